The van der Waals surface area contributed by atoms with Gasteiger partial charge in [-0.25, -0.2) is 0 Å². The van der Waals surface area contributed by atoms with Crippen molar-refractivity contribution in [3.8, 4) is 5.75 Å². The van der Waals surface area contributed by atoms with Gasteiger partial charge in [0.15, 0.2) is 5.75 Å². The lowest BCUT2D eigenvalue weighted by atomic mass is 10.00. The third-order valence-corrected chi connectivity index (χ3v) is 7.25. The number of carbonyl (C=O) groups is 2. The third kappa shape index (κ3) is 4.66. The molecule has 0 unspecified atom stereocenters. The smallest absolute Gasteiger partial charge is 0.339 e. The molecule has 5 rings (SSSR count). The van der Waals surface area contributed by atoms with Crippen LogP contribution in [-0.4, -0.2) is 31.0 Å². The van der Waals surface area contributed by atoms with Gasteiger partial charge < -0.3 is 4.18 Å². The molecule has 0 radical (unpaired) electrons. The molecule has 1 aliphatic heterocycles. The zero-order chi connectivity index (χ0) is 26.2. The van der Waals surface area contributed by atoms with Crippen LogP contribution in [0.15, 0.2) is 107 Å². The summed E-state index contributed by atoms with van der Waals surface area (Å²) in [5.41, 5.74) is 2.12. The molecular formula is C29H22N2O5S. The molecule has 4 aromatic rings. The zero-order valence-corrected chi connectivity index (χ0v) is 20.9. The van der Waals surface area contributed by atoms with E-state index >= 15 is 0 Å². The molecule has 7 nitrogen and oxygen atoms in total. The molecule has 0 spiro atoms. The van der Waals surface area contributed by atoms with Crippen LogP contribution < -0.4 is 4.18 Å². The molecule has 0 N–H and O–H groups in total. The van der Waals surface area contributed by atoms with Crippen LogP contribution >= 0.6 is 0 Å². The van der Waals surface area contributed by atoms with Crippen LogP contribution in [0.3, 0.4) is 0 Å². The van der Waals surface area contributed by atoms with E-state index in [-0.39, 0.29) is 16.2 Å². The van der Waals surface area contributed by atoms with E-state index in [1.165, 1.54) is 18.2 Å². The van der Waals surface area contributed by atoms with Gasteiger partial charge in [0.05, 0.1) is 11.3 Å². The summed E-state index contributed by atoms with van der Waals surface area (Å²) in [6, 6.07) is 25.4. The Bertz CT molecular complexity index is 1710. The van der Waals surface area contributed by atoms with E-state index < -0.39 is 21.9 Å². The van der Waals surface area contributed by atoms with E-state index in [0.29, 0.717) is 22.2 Å². The van der Waals surface area contributed by atoms with Crippen LogP contribution in [0, 0.1) is 6.92 Å². The largest absolute Gasteiger partial charge is 0.378 e. The first-order valence-electron chi connectivity index (χ1n) is 11.5. The van der Waals surface area contributed by atoms with Crippen LogP contribution in [0.25, 0.3) is 16.8 Å². The fourth-order valence-electron chi connectivity index (χ4n) is 4.04. The first-order valence-corrected chi connectivity index (χ1v) is 12.9. The van der Waals surface area contributed by atoms with Crippen LogP contribution in [0.5, 0.6) is 5.75 Å². The van der Waals surface area contributed by atoms with Gasteiger partial charge in [-0.2, -0.15) is 18.5 Å². The van der Waals surface area contributed by atoms with E-state index in [1.54, 1.807) is 61.5 Å². The molecule has 2 amide bonds. The van der Waals surface area contributed by atoms with Gasteiger partial charge in [-0.1, -0.05) is 66.2 Å². The molecule has 0 atom stereocenters. The van der Waals surface area contributed by atoms with Gasteiger partial charge in [-0.05, 0) is 61.0 Å². The number of hydrogen-bond donors (Lipinski definition) is 0. The van der Waals surface area contributed by atoms with Crippen molar-refractivity contribution in [2.24, 2.45) is 5.10 Å². The number of benzene rings is 4. The Balaban J connectivity index is 1.58. The van der Waals surface area contributed by atoms with Crippen molar-refractivity contribution in [1.82, 2.24) is 5.01 Å². The molecule has 0 saturated carbocycles. The SMILES string of the molecule is CC1=NN(C(=O)c2ccccc2)C(=O)/C1=C/c1c(OS(=O)(=O)c2ccc(C)cc2)ccc2ccccc12. The lowest BCUT2D eigenvalue weighted by Crippen LogP contribution is -2.29. The Hall–Kier alpha value is -4.56. The van der Waals surface area contributed by atoms with Crippen molar-refractivity contribution in [2.45, 2.75) is 18.7 Å². The van der Waals surface area contributed by atoms with Crippen molar-refractivity contribution in [1.29, 1.82) is 0 Å². The van der Waals surface area contributed by atoms with Crippen molar-refractivity contribution < 1.29 is 22.2 Å². The van der Waals surface area contributed by atoms with Gasteiger partial charge in [0.25, 0.3) is 11.8 Å². The summed E-state index contributed by atoms with van der Waals surface area (Å²) >= 11 is 0. The number of nitrogens with zero attached hydrogens (tertiary/aromatic N) is 2. The minimum absolute atomic E-state index is 0.0131. The lowest BCUT2D eigenvalue weighted by Gasteiger charge is -2.13. The Labute approximate surface area is 214 Å². The number of imide groups is 1. The van der Waals surface area contributed by atoms with E-state index in [1.807, 2.05) is 31.2 Å². The molecule has 0 aromatic heterocycles. The molecule has 37 heavy (non-hydrogen) atoms. The highest BCUT2D eigenvalue weighted by molar-refractivity contribution is 7.87. The molecule has 0 bridgehead atoms. The number of hydrazone groups is 1. The normalized spacial score (nSPS) is 14.8. The summed E-state index contributed by atoms with van der Waals surface area (Å²) in [6.07, 6.45) is 1.53. The Morgan fingerprint density at radius 3 is 2.27 bits per heavy atom. The highest BCUT2D eigenvalue weighted by Gasteiger charge is 2.33. The van der Waals surface area contributed by atoms with Gasteiger partial charge in [0.1, 0.15) is 4.90 Å². The maximum Gasteiger partial charge on any atom is 0.339 e. The summed E-state index contributed by atoms with van der Waals surface area (Å²) in [5.74, 6) is -1.10. The van der Waals surface area contributed by atoms with Gasteiger partial charge >= 0.3 is 10.1 Å². The predicted octanol–water partition coefficient (Wildman–Crippen LogP) is 5.36. The number of aryl methyl sites for hydroxylation is 1. The summed E-state index contributed by atoms with van der Waals surface area (Å²) in [4.78, 5) is 26.2. The molecule has 0 saturated heterocycles. The average molecular weight is 511 g/mol. The quantitative estimate of drug-likeness (QED) is 0.205. The van der Waals surface area contributed by atoms with Crippen molar-refractivity contribution in [3.63, 3.8) is 0 Å². The molecule has 0 fully saturated rings. The number of fused-ring (bicyclic) bond motifs is 1. The van der Waals surface area contributed by atoms with E-state index in [4.69, 9.17) is 4.18 Å². The van der Waals surface area contributed by atoms with Gasteiger partial charge in [-0.3, -0.25) is 9.59 Å². The van der Waals surface area contributed by atoms with Gasteiger partial charge in [-0.15, -0.1) is 0 Å². The highest BCUT2D eigenvalue weighted by atomic mass is 32.2. The average Bonchev–Trinajstić information content (AvgIpc) is 3.18. The Kier molecular flexibility index (Phi) is 6.19. The maximum absolute atomic E-state index is 13.3. The number of carbonyl (C=O) groups excluding carboxylic acids is 2. The lowest BCUT2D eigenvalue weighted by molar-refractivity contribution is -0.123. The second-order valence-corrected chi connectivity index (χ2v) is 10.1. The summed E-state index contributed by atoms with van der Waals surface area (Å²) in [7, 11) is -4.15. The number of hydrogen-bond acceptors (Lipinski definition) is 6. The van der Waals surface area contributed by atoms with Gasteiger partial charge in [0.2, 0.25) is 0 Å². The second-order valence-electron chi connectivity index (χ2n) is 8.58. The topological polar surface area (TPSA) is 93.1 Å². The zero-order valence-electron chi connectivity index (χ0n) is 20.1. The highest BCUT2D eigenvalue weighted by Crippen LogP contribution is 2.34. The Morgan fingerprint density at radius 1 is 0.865 bits per heavy atom. The minimum Gasteiger partial charge on any atom is -0.378 e. The first kappa shape index (κ1) is 24.1. The standard InChI is InChI=1S/C29H22N2O5S/c1-19-12-15-23(16-13-19)37(34,35)36-27-17-14-21-8-6-7-11-24(21)26(27)18-25-20(2)30-31(29(25)33)28(32)22-9-4-3-5-10-22/h3-18H,1-2H3/b25-18+. The molecule has 1 heterocycles. The van der Waals surface area contributed by atoms with Gasteiger partial charge in [0, 0.05) is 11.1 Å². The van der Waals surface area contributed by atoms with Crippen LogP contribution in [0.2, 0.25) is 0 Å². The van der Waals surface area contributed by atoms with E-state index in [0.717, 1.165) is 16.0 Å². The number of rotatable bonds is 5. The fourth-order valence-corrected chi connectivity index (χ4v) is 4.99. The second kappa shape index (κ2) is 9.48. The predicted molar refractivity (Wildman–Crippen MR) is 142 cm³/mol. The molecule has 184 valence electrons. The summed E-state index contributed by atoms with van der Waals surface area (Å²) in [5, 5.41) is 6.52. The molecule has 1 aliphatic rings. The summed E-state index contributed by atoms with van der Waals surface area (Å²) < 4.78 is 31.7. The summed E-state index contributed by atoms with van der Waals surface area (Å²) in [6.45, 7) is 3.48. The third-order valence-electron chi connectivity index (χ3n) is 6.00. The Morgan fingerprint density at radius 2 is 1.54 bits per heavy atom. The van der Waals surface area contributed by atoms with Crippen LogP contribution in [0.1, 0.15) is 28.4 Å². The van der Waals surface area contributed by atoms with Crippen LogP contribution in [-0.2, 0) is 14.9 Å². The molecular weight excluding hydrogens is 488 g/mol. The molecule has 4 aromatic carbocycles. The molecule has 0 aliphatic carbocycles. The minimum atomic E-state index is -4.15. The van der Waals surface area contributed by atoms with Crippen LogP contribution in [0.4, 0.5) is 0 Å². The monoisotopic (exact) mass is 510 g/mol. The number of amides is 2. The van der Waals surface area contributed by atoms with Crippen molar-refractivity contribution in [2.75, 3.05) is 0 Å². The maximum atomic E-state index is 13.3. The van der Waals surface area contributed by atoms with Crippen molar-refractivity contribution >= 4 is 44.5 Å². The molecule has 8 heteroatoms. The van der Waals surface area contributed by atoms with Crippen molar-refractivity contribution in [3.05, 3.63) is 113 Å². The van der Waals surface area contributed by atoms with E-state index in [2.05, 4.69) is 5.10 Å². The van der Waals surface area contributed by atoms with E-state index in [9.17, 15) is 18.0 Å². The first-order chi connectivity index (χ1) is 17.7. The fraction of sp³-hybridized carbons (Fsp3) is 0.0690.